The fraction of sp³-hybridized carbons (Fsp3) is 0.182. The number of benzene rings is 1. The first-order valence-corrected chi connectivity index (χ1v) is 7.08. The van der Waals surface area contributed by atoms with E-state index < -0.39 is 26.4 Å². The Labute approximate surface area is 108 Å². The lowest BCUT2D eigenvalue weighted by Gasteiger charge is -2.06. The van der Waals surface area contributed by atoms with Crippen LogP contribution in [0.15, 0.2) is 23.2 Å². The molecule has 0 saturated heterocycles. The number of nitrogens with zero attached hydrogens (tertiary/aromatic N) is 2. The zero-order chi connectivity index (χ0) is 14.4. The van der Waals surface area contributed by atoms with Gasteiger partial charge in [-0.25, -0.2) is 17.2 Å². The van der Waals surface area contributed by atoms with E-state index in [0.717, 1.165) is 12.3 Å². The summed E-state index contributed by atoms with van der Waals surface area (Å²) < 4.78 is 51.5. The number of nitrogens with two attached hydrogens (primary N) is 1. The second kappa shape index (κ2) is 4.30. The number of nitrogen functional groups attached to an aromatic ring is 1. The quantitative estimate of drug-likeness (QED) is 0.904. The molecule has 0 bridgehead atoms. The van der Waals surface area contributed by atoms with Crippen LogP contribution in [0.2, 0.25) is 0 Å². The molecule has 1 aromatic carbocycles. The molecule has 2 N–H and O–H groups in total. The number of hydrogen-bond acceptors (Lipinski definition) is 4. The average Bonchev–Trinajstić information content (AvgIpc) is 2.61. The molecule has 5 nitrogen and oxygen atoms in total. The lowest BCUT2D eigenvalue weighted by atomic mass is 10.1. The van der Waals surface area contributed by atoms with Crippen molar-refractivity contribution in [3.63, 3.8) is 0 Å². The molecule has 1 aromatic heterocycles. The zero-order valence-electron chi connectivity index (χ0n) is 10.2. The van der Waals surface area contributed by atoms with Gasteiger partial charge in [0.05, 0.1) is 6.20 Å². The van der Waals surface area contributed by atoms with Crippen LogP contribution in [-0.2, 0) is 16.9 Å². The van der Waals surface area contributed by atoms with Gasteiger partial charge in [0.1, 0.15) is 22.3 Å². The Morgan fingerprint density at radius 3 is 2.32 bits per heavy atom. The highest BCUT2D eigenvalue weighted by Gasteiger charge is 2.20. The van der Waals surface area contributed by atoms with E-state index in [9.17, 15) is 17.2 Å². The van der Waals surface area contributed by atoms with E-state index in [4.69, 9.17) is 5.73 Å². The molecule has 0 spiro atoms. The van der Waals surface area contributed by atoms with E-state index in [1.807, 2.05) is 0 Å². The van der Waals surface area contributed by atoms with Crippen LogP contribution < -0.4 is 5.73 Å². The molecule has 2 rings (SSSR count). The molecule has 0 amide bonds. The maximum absolute atomic E-state index is 13.9. The van der Waals surface area contributed by atoms with E-state index in [-0.39, 0.29) is 16.9 Å². The summed E-state index contributed by atoms with van der Waals surface area (Å²) >= 11 is 0. The summed E-state index contributed by atoms with van der Waals surface area (Å²) in [6, 6.07) is 1.45. The van der Waals surface area contributed by atoms with Crippen molar-refractivity contribution in [2.24, 2.45) is 7.05 Å². The van der Waals surface area contributed by atoms with Crippen LogP contribution in [0, 0.1) is 11.6 Å². The van der Waals surface area contributed by atoms with Gasteiger partial charge in [-0.3, -0.25) is 4.68 Å². The summed E-state index contributed by atoms with van der Waals surface area (Å²) in [4.78, 5) is -0.684. The van der Waals surface area contributed by atoms with Crippen LogP contribution in [0.4, 0.5) is 14.6 Å². The molecule has 1 heterocycles. The van der Waals surface area contributed by atoms with E-state index in [0.29, 0.717) is 6.07 Å². The van der Waals surface area contributed by atoms with Crippen molar-refractivity contribution in [1.29, 1.82) is 0 Å². The number of halogens is 2. The fourth-order valence-electron chi connectivity index (χ4n) is 1.67. The molecular formula is C11H11F2N3O2S. The first-order chi connectivity index (χ1) is 8.71. The summed E-state index contributed by atoms with van der Waals surface area (Å²) in [7, 11) is -2.27. The molecule has 8 heteroatoms. The molecule has 102 valence electrons. The number of aromatic nitrogens is 2. The summed E-state index contributed by atoms with van der Waals surface area (Å²) in [5.74, 6) is -1.74. The van der Waals surface area contributed by atoms with Crippen molar-refractivity contribution in [2.45, 2.75) is 4.90 Å². The molecule has 0 fully saturated rings. The fourth-order valence-corrected chi connectivity index (χ4v) is 2.40. The van der Waals surface area contributed by atoms with Gasteiger partial charge < -0.3 is 5.73 Å². The van der Waals surface area contributed by atoms with Crippen LogP contribution >= 0.6 is 0 Å². The monoisotopic (exact) mass is 287 g/mol. The normalized spacial score (nSPS) is 11.8. The van der Waals surface area contributed by atoms with Crippen molar-refractivity contribution in [3.8, 4) is 11.1 Å². The highest BCUT2D eigenvalue weighted by molar-refractivity contribution is 7.90. The van der Waals surface area contributed by atoms with Crippen LogP contribution in [0.1, 0.15) is 0 Å². The van der Waals surface area contributed by atoms with E-state index >= 15 is 0 Å². The molecule has 0 radical (unpaired) electrons. The SMILES string of the molecule is Cn1ncc(-c2cc(F)c(S(C)(=O)=O)cc2F)c1N. The molecule has 0 aliphatic heterocycles. The Morgan fingerprint density at radius 2 is 1.84 bits per heavy atom. The molecule has 0 unspecified atom stereocenters. The highest BCUT2D eigenvalue weighted by atomic mass is 32.2. The summed E-state index contributed by atoms with van der Waals surface area (Å²) in [5, 5.41) is 3.82. The van der Waals surface area contributed by atoms with Crippen molar-refractivity contribution in [1.82, 2.24) is 9.78 Å². The summed E-state index contributed by atoms with van der Waals surface area (Å²) in [5.41, 5.74) is 5.75. The smallest absolute Gasteiger partial charge is 0.178 e. The molecule has 0 aliphatic rings. The number of rotatable bonds is 2. The van der Waals surface area contributed by atoms with Gasteiger partial charge in [0.2, 0.25) is 0 Å². The summed E-state index contributed by atoms with van der Waals surface area (Å²) in [6.45, 7) is 0. The van der Waals surface area contributed by atoms with Crippen LogP contribution in [-0.4, -0.2) is 24.5 Å². The van der Waals surface area contributed by atoms with Gasteiger partial charge in [0.25, 0.3) is 0 Å². The minimum Gasteiger partial charge on any atom is -0.383 e. The van der Waals surface area contributed by atoms with Crippen LogP contribution in [0.5, 0.6) is 0 Å². The third-order valence-corrected chi connectivity index (χ3v) is 3.81. The highest BCUT2D eigenvalue weighted by Crippen LogP contribution is 2.30. The number of aryl methyl sites for hydroxylation is 1. The van der Waals surface area contributed by atoms with E-state index in [2.05, 4.69) is 5.10 Å². The minimum absolute atomic E-state index is 0.129. The third-order valence-electron chi connectivity index (χ3n) is 2.70. The Morgan fingerprint density at radius 1 is 1.21 bits per heavy atom. The first-order valence-electron chi connectivity index (χ1n) is 5.18. The Hall–Kier alpha value is -1.96. The maximum Gasteiger partial charge on any atom is 0.178 e. The van der Waals surface area contributed by atoms with Crippen LogP contribution in [0.3, 0.4) is 0 Å². The third kappa shape index (κ3) is 2.30. The van der Waals surface area contributed by atoms with Gasteiger partial charge >= 0.3 is 0 Å². The molecule has 19 heavy (non-hydrogen) atoms. The van der Waals surface area contributed by atoms with Gasteiger partial charge in [-0.05, 0) is 12.1 Å². The standard InChI is InChI=1S/C11H11F2N3O2S/c1-16-11(14)7(5-15-16)6-3-9(13)10(4-8(6)12)19(2,17)18/h3-5H,14H2,1-2H3. The Bertz CT molecular complexity index is 754. The van der Waals surface area contributed by atoms with Gasteiger partial charge in [-0.15, -0.1) is 0 Å². The van der Waals surface area contributed by atoms with Gasteiger partial charge in [-0.2, -0.15) is 5.10 Å². The molecule has 2 aromatic rings. The van der Waals surface area contributed by atoms with E-state index in [1.54, 1.807) is 7.05 Å². The van der Waals surface area contributed by atoms with Crippen LogP contribution in [0.25, 0.3) is 11.1 Å². The molecule has 0 atom stereocenters. The summed E-state index contributed by atoms with van der Waals surface area (Å²) in [6.07, 6.45) is 2.09. The largest absolute Gasteiger partial charge is 0.383 e. The predicted molar refractivity (Wildman–Crippen MR) is 66.1 cm³/mol. The number of anilines is 1. The minimum atomic E-state index is -3.83. The Balaban J connectivity index is 2.69. The second-order valence-electron chi connectivity index (χ2n) is 4.10. The first kappa shape index (κ1) is 13.5. The maximum atomic E-state index is 13.9. The van der Waals surface area contributed by atoms with Gasteiger partial charge in [0, 0.05) is 24.4 Å². The van der Waals surface area contributed by atoms with Gasteiger partial charge in [0.15, 0.2) is 9.84 Å². The van der Waals surface area contributed by atoms with Crippen molar-refractivity contribution in [3.05, 3.63) is 30.0 Å². The molecule has 0 saturated carbocycles. The predicted octanol–water partition coefficient (Wildman–Crippen LogP) is 1.35. The van der Waals surface area contributed by atoms with E-state index in [1.165, 1.54) is 10.9 Å². The van der Waals surface area contributed by atoms with Crippen molar-refractivity contribution in [2.75, 3.05) is 12.0 Å². The second-order valence-corrected chi connectivity index (χ2v) is 6.09. The van der Waals surface area contributed by atoms with Gasteiger partial charge in [-0.1, -0.05) is 0 Å². The topological polar surface area (TPSA) is 78.0 Å². The lowest BCUT2D eigenvalue weighted by Crippen LogP contribution is -2.03. The lowest BCUT2D eigenvalue weighted by molar-refractivity contribution is 0.557. The zero-order valence-corrected chi connectivity index (χ0v) is 11.0. The number of hydrogen-bond donors (Lipinski definition) is 1. The average molecular weight is 287 g/mol. The van der Waals surface area contributed by atoms with Crippen molar-refractivity contribution >= 4 is 15.7 Å². The number of sulfone groups is 1. The molecule has 0 aliphatic carbocycles. The Kier molecular flexibility index (Phi) is 3.05. The molecular weight excluding hydrogens is 276 g/mol. The van der Waals surface area contributed by atoms with Crippen molar-refractivity contribution < 1.29 is 17.2 Å².